The summed E-state index contributed by atoms with van der Waals surface area (Å²) in [6.07, 6.45) is 0.890. The van der Waals surface area contributed by atoms with Crippen molar-refractivity contribution in [2.24, 2.45) is 0 Å². The van der Waals surface area contributed by atoms with Gasteiger partial charge in [0, 0.05) is 5.56 Å². The van der Waals surface area contributed by atoms with Crippen molar-refractivity contribution in [3.8, 4) is 5.75 Å². The van der Waals surface area contributed by atoms with Gasteiger partial charge in [-0.1, -0.05) is 17.7 Å². The largest absolute Gasteiger partial charge is 0.496 e. The van der Waals surface area contributed by atoms with Gasteiger partial charge in [0.05, 0.1) is 12.1 Å². The summed E-state index contributed by atoms with van der Waals surface area (Å²) in [4.78, 5) is 0. The third-order valence-corrected chi connectivity index (χ3v) is 3.03. The zero-order chi connectivity index (χ0) is 11.4. The maximum Gasteiger partial charge on any atom is 0.126 e. The molecule has 3 heteroatoms. The van der Waals surface area contributed by atoms with Crippen LogP contribution in [0.3, 0.4) is 0 Å². The first-order chi connectivity index (χ1) is 7.11. The number of likely N-dealkylation sites (N-methyl/N-ethyl adjacent to an activating group) is 1. The van der Waals surface area contributed by atoms with Crippen LogP contribution in [-0.2, 0) is 6.42 Å². The van der Waals surface area contributed by atoms with Gasteiger partial charge in [-0.15, -0.1) is 0 Å². The average Bonchev–Trinajstić information content (AvgIpc) is 2.21. The minimum Gasteiger partial charge on any atom is -0.496 e. The number of methoxy groups -OCH3 is 1. The van der Waals surface area contributed by atoms with Crippen LogP contribution >= 0.6 is 11.6 Å². The molecular weight excluding hydrogens is 210 g/mol. The van der Waals surface area contributed by atoms with Crippen LogP contribution < -0.4 is 10.1 Å². The van der Waals surface area contributed by atoms with Crippen molar-refractivity contribution in [1.29, 1.82) is 0 Å². The maximum absolute atomic E-state index is 6.28. The molecule has 0 saturated carbocycles. The summed E-state index contributed by atoms with van der Waals surface area (Å²) >= 11 is 6.28. The van der Waals surface area contributed by atoms with Gasteiger partial charge in [0.1, 0.15) is 5.75 Å². The van der Waals surface area contributed by atoms with Crippen molar-refractivity contribution in [3.63, 3.8) is 0 Å². The van der Waals surface area contributed by atoms with Crippen molar-refractivity contribution in [2.75, 3.05) is 20.7 Å². The zero-order valence-electron chi connectivity index (χ0n) is 9.78. The Balaban J connectivity index is 3.18. The van der Waals surface area contributed by atoms with E-state index in [4.69, 9.17) is 16.3 Å². The summed E-state index contributed by atoms with van der Waals surface area (Å²) < 4.78 is 5.40. The van der Waals surface area contributed by atoms with Crippen LogP contribution in [0.15, 0.2) is 6.07 Å². The number of halogens is 1. The lowest BCUT2D eigenvalue weighted by atomic mass is 10.0. The van der Waals surface area contributed by atoms with Gasteiger partial charge in [0.2, 0.25) is 0 Å². The van der Waals surface area contributed by atoms with E-state index < -0.39 is 0 Å². The van der Waals surface area contributed by atoms with Gasteiger partial charge in [0.15, 0.2) is 0 Å². The molecule has 1 rings (SSSR count). The monoisotopic (exact) mass is 227 g/mol. The predicted molar refractivity (Wildman–Crippen MR) is 65.1 cm³/mol. The van der Waals surface area contributed by atoms with Crippen molar-refractivity contribution in [3.05, 3.63) is 27.8 Å². The third-order valence-electron chi connectivity index (χ3n) is 2.51. The zero-order valence-corrected chi connectivity index (χ0v) is 10.5. The Hall–Kier alpha value is -0.730. The Morgan fingerprint density at radius 1 is 1.33 bits per heavy atom. The lowest BCUT2D eigenvalue weighted by Gasteiger charge is -2.15. The van der Waals surface area contributed by atoms with Crippen molar-refractivity contribution in [2.45, 2.75) is 20.3 Å². The van der Waals surface area contributed by atoms with Gasteiger partial charge < -0.3 is 10.1 Å². The molecule has 0 aromatic heterocycles. The first kappa shape index (κ1) is 12.3. The molecule has 15 heavy (non-hydrogen) atoms. The van der Waals surface area contributed by atoms with Crippen LogP contribution in [0.2, 0.25) is 5.02 Å². The van der Waals surface area contributed by atoms with Crippen LogP contribution in [0.4, 0.5) is 0 Å². The van der Waals surface area contributed by atoms with Gasteiger partial charge in [-0.2, -0.15) is 0 Å². The highest BCUT2D eigenvalue weighted by Gasteiger charge is 2.12. The number of aryl methyl sites for hydroxylation is 2. The Kier molecular flexibility index (Phi) is 4.43. The Morgan fingerprint density at radius 2 is 2.00 bits per heavy atom. The molecule has 0 bridgehead atoms. The molecule has 84 valence electrons. The molecule has 1 aromatic rings. The number of hydrogen-bond donors (Lipinski definition) is 1. The third kappa shape index (κ3) is 2.64. The van der Waals surface area contributed by atoms with Gasteiger partial charge >= 0.3 is 0 Å². The molecular formula is C12H18ClNO. The summed E-state index contributed by atoms with van der Waals surface area (Å²) in [5, 5.41) is 3.95. The fourth-order valence-corrected chi connectivity index (χ4v) is 2.02. The molecule has 1 N–H and O–H groups in total. The van der Waals surface area contributed by atoms with Gasteiger partial charge in [-0.25, -0.2) is 0 Å². The number of rotatable bonds is 4. The quantitative estimate of drug-likeness (QED) is 0.854. The van der Waals surface area contributed by atoms with E-state index in [2.05, 4.69) is 11.4 Å². The van der Waals surface area contributed by atoms with Gasteiger partial charge in [-0.3, -0.25) is 0 Å². The minimum absolute atomic E-state index is 0.827. The van der Waals surface area contributed by atoms with Crippen LogP contribution in [0.5, 0.6) is 5.75 Å². The molecule has 0 heterocycles. The molecule has 0 spiro atoms. The summed E-state index contributed by atoms with van der Waals surface area (Å²) in [7, 11) is 3.62. The Labute approximate surface area is 96.6 Å². The Bertz CT molecular complexity index is 350. The number of hydrogen-bond acceptors (Lipinski definition) is 2. The second kappa shape index (κ2) is 5.38. The maximum atomic E-state index is 6.28. The molecule has 0 aliphatic carbocycles. The topological polar surface area (TPSA) is 21.3 Å². The van der Waals surface area contributed by atoms with E-state index in [-0.39, 0.29) is 0 Å². The van der Waals surface area contributed by atoms with Crippen LogP contribution in [0.25, 0.3) is 0 Å². The molecule has 0 fully saturated rings. The van der Waals surface area contributed by atoms with Crippen LogP contribution in [-0.4, -0.2) is 20.7 Å². The molecule has 0 saturated heterocycles. The fraction of sp³-hybridized carbons (Fsp3) is 0.500. The van der Waals surface area contributed by atoms with Crippen LogP contribution in [0, 0.1) is 13.8 Å². The Morgan fingerprint density at radius 3 is 2.53 bits per heavy atom. The molecule has 0 radical (unpaired) electrons. The molecule has 0 unspecified atom stereocenters. The number of nitrogens with one attached hydrogen (secondary N) is 1. The highest BCUT2D eigenvalue weighted by atomic mass is 35.5. The van der Waals surface area contributed by atoms with Crippen LogP contribution in [0.1, 0.15) is 16.7 Å². The molecule has 0 atom stereocenters. The molecule has 1 aromatic carbocycles. The van der Waals surface area contributed by atoms with Crippen molar-refractivity contribution < 1.29 is 4.74 Å². The first-order valence-electron chi connectivity index (χ1n) is 5.09. The minimum atomic E-state index is 0.827. The molecule has 0 amide bonds. The summed E-state index contributed by atoms with van der Waals surface area (Å²) in [6.45, 7) is 4.97. The summed E-state index contributed by atoms with van der Waals surface area (Å²) in [6, 6.07) is 2.06. The van der Waals surface area contributed by atoms with E-state index in [1.165, 1.54) is 0 Å². The number of ether oxygens (including phenoxy) is 1. The van der Waals surface area contributed by atoms with E-state index in [1.54, 1.807) is 7.11 Å². The van der Waals surface area contributed by atoms with Gasteiger partial charge in [-0.05, 0) is 45.0 Å². The van der Waals surface area contributed by atoms with Gasteiger partial charge in [0.25, 0.3) is 0 Å². The summed E-state index contributed by atoms with van der Waals surface area (Å²) in [5.41, 5.74) is 3.36. The SMILES string of the molecule is CNCCc1c(Cl)c(C)cc(C)c1OC. The summed E-state index contributed by atoms with van der Waals surface area (Å²) in [5.74, 6) is 0.917. The first-order valence-corrected chi connectivity index (χ1v) is 5.46. The second-order valence-electron chi connectivity index (χ2n) is 3.69. The highest BCUT2D eigenvalue weighted by molar-refractivity contribution is 6.32. The lowest BCUT2D eigenvalue weighted by Crippen LogP contribution is -2.12. The molecule has 2 nitrogen and oxygen atoms in total. The molecule has 0 aliphatic heterocycles. The van der Waals surface area contributed by atoms with E-state index in [0.717, 1.165) is 40.4 Å². The van der Waals surface area contributed by atoms with E-state index in [1.807, 2.05) is 20.9 Å². The van der Waals surface area contributed by atoms with Crippen molar-refractivity contribution in [1.82, 2.24) is 5.32 Å². The second-order valence-corrected chi connectivity index (χ2v) is 4.07. The standard InChI is InChI=1S/C12H18ClNO/c1-8-7-9(2)12(15-4)10(11(8)13)5-6-14-3/h7,14H,5-6H2,1-4H3. The van der Waals surface area contributed by atoms with E-state index in [9.17, 15) is 0 Å². The highest BCUT2D eigenvalue weighted by Crippen LogP contribution is 2.33. The van der Waals surface area contributed by atoms with Crippen molar-refractivity contribution >= 4 is 11.6 Å². The smallest absolute Gasteiger partial charge is 0.126 e. The predicted octanol–water partition coefficient (Wildman–Crippen LogP) is 2.73. The molecule has 0 aliphatic rings. The van der Waals surface area contributed by atoms with E-state index >= 15 is 0 Å². The van der Waals surface area contributed by atoms with E-state index in [0.29, 0.717) is 0 Å². The number of benzene rings is 1. The average molecular weight is 228 g/mol. The lowest BCUT2D eigenvalue weighted by molar-refractivity contribution is 0.406. The fourth-order valence-electron chi connectivity index (χ4n) is 1.79. The normalized spacial score (nSPS) is 10.5.